The molecule has 6 bridgehead atoms. The van der Waals surface area contributed by atoms with E-state index in [1.807, 2.05) is 0 Å². The number of hydrogen-bond donors (Lipinski definition) is 1. The van der Waals surface area contributed by atoms with Gasteiger partial charge >= 0.3 is 0 Å². The van der Waals surface area contributed by atoms with Crippen LogP contribution in [0.1, 0.15) is 45.4 Å². The highest BCUT2D eigenvalue weighted by molar-refractivity contribution is 9.12. The van der Waals surface area contributed by atoms with Gasteiger partial charge in [-0.25, -0.2) is 0 Å². The molecule has 7 fully saturated rings. The number of rotatable bonds is 3. The van der Waals surface area contributed by atoms with E-state index >= 15 is 0 Å². The maximum Gasteiger partial charge on any atom is 0.243 e. The quantitative estimate of drug-likeness (QED) is 0.450. The van der Waals surface area contributed by atoms with Crippen LogP contribution in [-0.4, -0.2) is 56.1 Å². The first-order chi connectivity index (χ1) is 13.8. The summed E-state index contributed by atoms with van der Waals surface area (Å²) in [6.45, 7) is 1.70. The molecular formula is C21H26Br2N2O4. The minimum absolute atomic E-state index is 0.00149. The standard InChI is InChI=1S/C21H26Br2N2O4/c1-8(18(26)24-21-5-9-2-10(6-21)4-11(3-9)7-21)25-19(27)12-13(20(25)28)17-15(23)14(22)16(12)29-17/h8-17H,2-7H2,1H3,(H,24,26). The first-order valence-corrected chi connectivity index (χ1v) is 12.7. The number of carbonyl (C=O) groups excluding carboxylic acids is 3. The van der Waals surface area contributed by atoms with Crippen LogP contribution in [0.5, 0.6) is 0 Å². The second-order valence-corrected chi connectivity index (χ2v) is 12.5. The number of likely N-dealkylation sites (tertiary alicyclic amines) is 1. The second kappa shape index (κ2) is 6.28. The summed E-state index contributed by atoms with van der Waals surface area (Å²) >= 11 is 7.20. The zero-order chi connectivity index (χ0) is 20.2. The molecule has 7 unspecified atom stereocenters. The molecule has 8 heteroatoms. The van der Waals surface area contributed by atoms with Crippen molar-refractivity contribution in [1.29, 1.82) is 0 Å². The fourth-order valence-electron chi connectivity index (χ4n) is 7.81. The number of amides is 3. The Kier molecular flexibility index (Phi) is 4.17. The molecular weight excluding hydrogens is 504 g/mol. The Balaban J connectivity index is 1.21. The van der Waals surface area contributed by atoms with Crippen LogP contribution in [0.15, 0.2) is 0 Å². The van der Waals surface area contributed by atoms with Crippen LogP contribution in [0, 0.1) is 29.6 Å². The van der Waals surface area contributed by atoms with Gasteiger partial charge in [-0.1, -0.05) is 31.9 Å². The van der Waals surface area contributed by atoms with E-state index in [1.54, 1.807) is 6.92 Å². The minimum Gasteiger partial charge on any atom is -0.371 e. The predicted octanol–water partition coefficient (Wildman–Crippen LogP) is 2.37. The van der Waals surface area contributed by atoms with E-state index in [-0.39, 0.29) is 45.1 Å². The smallest absolute Gasteiger partial charge is 0.243 e. The van der Waals surface area contributed by atoms with Gasteiger partial charge in [0.15, 0.2) is 0 Å². The number of imide groups is 1. The Hall–Kier alpha value is -0.470. The Morgan fingerprint density at radius 2 is 1.45 bits per heavy atom. The fourth-order valence-corrected chi connectivity index (χ4v) is 9.32. The average molecular weight is 530 g/mol. The zero-order valence-corrected chi connectivity index (χ0v) is 19.5. The van der Waals surface area contributed by atoms with Gasteiger partial charge in [-0.05, 0) is 63.2 Å². The number of nitrogens with one attached hydrogen (secondary N) is 1. The fraction of sp³-hybridized carbons (Fsp3) is 0.857. The number of ether oxygens (including phenoxy) is 1. The van der Waals surface area contributed by atoms with Crippen molar-refractivity contribution in [2.24, 2.45) is 29.6 Å². The van der Waals surface area contributed by atoms with E-state index in [2.05, 4.69) is 37.2 Å². The van der Waals surface area contributed by atoms with E-state index in [4.69, 9.17) is 4.74 Å². The molecule has 3 aliphatic heterocycles. The van der Waals surface area contributed by atoms with Gasteiger partial charge in [0.25, 0.3) is 0 Å². The Bertz CT molecular complexity index is 736. The van der Waals surface area contributed by atoms with Crippen LogP contribution < -0.4 is 5.32 Å². The van der Waals surface area contributed by atoms with Crippen molar-refractivity contribution in [2.45, 2.75) is 78.9 Å². The molecule has 3 saturated heterocycles. The zero-order valence-electron chi connectivity index (χ0n) is 16.4. The number of carbonyl (C=O) groups is 3. The van der Waals surface area contributed by atoms with E-state index < -0.39 is 17.9 Å². The topological polar surface area (TPSA) is 75.7 Å². The van der Waals surface area contributed by atoms with Gasteiger partial charge in [0.1, 0.15) is 6.04 Å². The molecule has 7 aliphatic rings. The summed E-state index contributed by atoms with van der Waals surface area (Å²) in [6.07, 6.45) is 6.46. The Morgan fingerprint density at radius 1 is 1.00 bits per heavy atom. The summed E-state index contributed by atoms with van der Waals surface area (Å²) in [6, 6.07) is -0.768. The van der Waals surface area contributed by atoms with Gasteiger partial charge < -0.3 is 10.1 Å². The van der Waals surface area contributed by atoms with Crippen molar-refractivity contribution in [3.63, 3.8) is 0 Å². The Labute approximate surface area is 187 Å². The van der Waals surface area contributed by atoms with Gasteiger partial charge in [0, 0.05) is 5.54 Å². The minimum atomic E-state index is -0.768. The van der Waals surface area contributed by atoms with E-state index in [0.29, 0.717) is 0 Å². The molecule has 0 aromatic rings. The van der Waals surface area contributed by atoms with Gasteiger partial charge in [-0.3, -0.25) is 19.3 Å². The van der Waals surface area contributed by atoms with Crippen LogP contribution in [0.2, 0.25) is 0 Å². The highest BCUT2D eigenvalue weighted by atomic mass is 79.9. The molecule has 7 rings (SSSR count). The number of nitrogens with zero attached hydrogens (tertiary/aromatic N) is 1. The lowest BCUT2D eigenvalue weighted by Crippen LogP contribution is -2.62. The Morgan fingerprint density at radius 3 is 1.90 bits per heavy atom. The van der Waals surface area contributed by atoms with E-state index in [9.17, 15) is 14.4 Å². The van der Waals surface area contributed by atoms with Crippen molar-refractivity contribution in [3.05, 3.63) is 0 Å². The number of halogens is 2. The molecule has 4 aliphatic carbocycles. The number of alkyl halides is 2. The highest BCUT2D eigenvalue weighted by Gasteiger charge is 2.68. The van der Waals surface area contributed by atoms with E-state index in [1.165, 1.54) is 24.2 Å². The summed E-state index contributed by atoms with van der Waals surface area (Å²) < 4.78 is 5.92. The summed E-state index contributed by atoms with van der Waals surface area (Å²) in [5.41, 5.74) is -0.119. The molecule has 0 aromatic carbocycles. The molecule has 1 N–H and O–H groups in total. The average Bonchev–Trinajstić information content (AvgIpc) is 3.24. The largest absolute Gasteiger partial charge is 0.371 e. The number of fused-ring (bicyclic) bond motifs is 5. The summed E-state index contributed by atoms with van der Waals surface area (Å²) in [7, 11) is 0. The van der Waals surface area contributed by atoms with Crippen molar-refractivity contribution in [2.75, 3.05) is 0 Å². The molecule has 3 amide bonds. The van der Waals surface area contributed by atoms with Crippen molar-refractivity contribution < 1.29 is 19.1 Å². The van der Waals surface area contributed by atoms with E-state index in [0.717, 1.165) is 37.0 Å². The highest BCUT2D eigenvalue weighted by Crippen LogP contribution is 2.56. The molecule has 3 heterocycles. The normalized spacial score (nSPS) is 52.9. The van der Waals surface area contributed by atoms with Crippen molar-refractivity contribution in [1.82, 2.24) is 10.2 Å². The van der Waals surface area contributed by atoms with Crippen LogP contribution in [0.3, 0.4) is 0 Å². The molecule has 6 nitrogen and oxygen atoms in total. The third kappa shape index (κ3) is 2.57. The van der Waals surface area contributed by atoms with Gasteiger partial charge in [0.2, 0.25) is 17.7 Å². The first-order valence-electron chi connectivity index (χ1n) is 10.9. The summed E-state index contributed by atoms with van der Waals surface area (Å²) in [4.78, 5) is 40.8. The van der Waals surface area contributed by atoms with Gasteiger partial charge in [0.05, 0.1) is 33.7 Å². The SMILES string of the molecule is CC(C(=O)NC12CC3CC(CC(C3)C1)C2)N1C(=O)C2C3OC(C(Br)C3Br)C2C1=O. The van der Waals surface area contributed by atoms with Crippen molar-refractivity contribution in [3.8, 4) is 0 Å². The summed E-state index contributed by atoms with van der Waals surface area (Å²) in [5, 5.41) is 3.33. The van der Waals surface area contributed by atoms with Crippen LogP contribution in [0.4, 0.5) is 0 Å². The lowest BCUT2D eigenvalue weighted by Gasteiger charge is -2.57. The second-order valence-electron chi connectivity index (χ2n) is 10.4. The molecule has 158 valence electrons. The predicted molar refractivity (Wildman–Crippen MR) is 111 cm³/mol. The first kappa shape index (κ1) is 19.2. The molecule has 7 atom stereocenters. The summed E-state index contributed by atoms with van der Waals surface area (Å²) in [5.74, 6) is 0.574. The van der Waals surface area contributed by atoms with Crippen molar-refractivity contribution >= 4 is 49.6 Å². The van der Waals surface area contributed by atoms with Crippen LogP contribution in [-0.2, 0) is 19.1 Å². The van der Waals surface area contributed by atoms with Gasteiger partial charge in [-0.15, -0.1) is 0 Å². The lowest BCUT2D eigenvalue weighted by molar-refractivity contribution is -0.151. The third-order valence-electron chi connectivity index (χ3n) is 8.58. The van der Waals surface area contributed by atoms with Crippen LogP contribution in [0.25, 0.3) is 0 Å². The third-order valence-corrected chi connectivity index (χ3v) is 11.5. The maximum absolute atomic E-state index is 13.2. The number of hydrogen-bond acceptors (Lipinski definition) is 4. The lowest BCUT2D eigenvalue weighted by atomic mass is 9.53. The van der Waals surface area contributed by atoms with Gasteiger partial charge in [-0.2, -0.15) is 0 Å². The molecule has 0 aromatic heterocycles. The molecule has 0 radical (unpaired) electrons. The van der Waals surface area contributed by atoms with Crippen LogP contribution >= 0.6 is 31.9 Å². The molecule has 0 spiro atoms. The maximum atomic E-state index is 13.2. The molecule has 29 heavy (non-hydrogen) atoms. The monoisotopic (exact) mass is 528 g/mol. The molecule has 4 saturated carbocycles.